The Bertz CT molecular complexity index is 459. The molecule has 16 heavy (non-hydrogen) atoms. The number of esters is 1. The van der Waals surface area contributed by atoms with Crippen LogP contribution in [-0.4, -0.2) is 5.97 Å². The molecule has 0 spiro atoms. The Kier molecular flexibility index (Phi) is 6.35. The molecule has 2 nitrogen and oxygen atoms in total. The van der Waals surface area contributed by atoms with Gasteiger partial charge in [0, 0.05) is 5.02 Å². The monoisotopic (exact) mass is 546 g/mol. The van der Waals surface area contributed by atoms with E-state index in [9.17, 15) is 4.79 Å². The van der Waals surface area contributed by atoms with Gasteiger partial charge in [-0.25, -0.2) is 4.79 Å². The molecule has 86 valence electrons. The average Bonchev–Trinajstić information content (AvgIpc) is 2.20. The number of carbonyl (C=O) groups excluding carboxylic acids is 1. The summed E-state index contributed by atoms with van der Waals surface area (Å²) in [5.41, 5.74) is 0. The van der Waals surface area contributed by atoms with Crippen molar-refractivity contribution in [2.75, 3.05) is 0 Å². The van der Waals surface area contributed by atoms with E-state index < -0.39 is 5.97 Å². The predicted molar refractivity (Wildman–Crippen MR) is 86.1 cm³/mol. The van der Waals surface area contributed by atoms with E-state index in [1.807, 2.05) is 45.2 Å². The summed E-state index contributed by atoms with van der Waals surface area (Å²) in [6.45, 7) is 0. The molecule has 0 saturated carbocycles. The molecule has 0 aliphatic carbocycles. The van der Waals surface area contributed by atoms with Crippen LogP contribution in [0, 0.1) is 0 Å². The Morgan fingerprint density at radius 3 is 2.44 bits per heavy atom. The first-order valence-corrected chi connectivity index (χ1v) is 7.50. The van der Waals surface area contributed by atoms with E-state index in [-0.39, 0.29) is 5.75 Å². The highest BCUT2D eigenvalue weighted by Gasteiger charge is 2.14. The lowest BCUT2D eigenvalue weighted by molar-refractivity contribution is -0.129. The lowest BCUT2D eigenvalue weighted by Crippen LogP contribution is -2.08. The van der Waals surface area contributed by atoms with Crippen LogP contribution in [0.3, 0.4) is 0 Å². The summed E-state index contributed by atoms with van der Waals surface area (Å²) in [5, 5.41) is 0.791. The van der Waals surface area contributed by atoms with Crippen molar-refractivity contribution in [1.82, 2.24) is 0 Å². The molecule has 0 radical (unpaired) electrons. The lowest BCUT2D eigenvalue weighted by atomic mass is 10.3. The third kappa shape index (κ3) is 4.32. The maximum absolute atomic E-state index is 11.6. The van der Waals surface area contributed by atoms with Crippen LogP contribution < -0.4 is 4.74 Å². The first kappa shape index (κ1) is 15.0. The van der Waals surface area contributed by atoms with Crippen molar-refractivity contribution >= 4 is 90.3 Å². The zero-order valence-electron chi connectivity index (χ0n) is 7.44. The fourth-order valence-corrected chi connectivity index (χ4v) is 1.72. The second-order valence-corrected chi connectivity index (χ2v) is 7.82. The molecule has 0 fully saturated rings. The molecule has 0 heterocycles. The topological polar surface area (TPSA) is 26.3 Å². The van der Waals surface area contributed by atoms with Crippen LogP contribution in [-0.2, 0) is 4.79 Å². The van der Waals surface area contributed by atoms with Crippen LogP contribution >= 0.6 is 84.3 Å². The molecule has 0 bridgehead atoms. The molecule has 1 aromatic carbocycles. The molecular weight excluding hydrogens is 545 g/mol. The van der Waals surface area contributed by atoms with Crippen LogP contribution in [0.2, 0.25) is 10.0 Å². The van der Waals surface area contributed by atoms with Crippen molar-refractivity contribution in [1.29, 1.82) is 0 Å². The van der Waals surface area contributed by atoms with Gasteiger partial charge >= 0.3 is 5.97 Å². The van der Waals surface area contributed by atoms with Crippen molar-refractivity contribution in [2.45, 2.75) is 0 Å². The smallest absolute Gasteiger partial charge is 0.351 e. The highest BCUT2D eigenvalue weighted by molar-refractivity contribution is 14.1. The summed E-state index contributed by atoms with van der Waals surface area (Å²) in [7, 11) is 0. The summed E-state index contributed by atoms with van der Waals surface area (Å²) in [4.78, 5) is 11.6. The standard InChI is InChI=1S/C9H3BrCl2I2O2/c10-8(14)7(13)9(15)16-6-2-1-4(11)3-5(6)12/h1-3H. The Morgan fingerprint density at radius 1 is 1.31 bits per heavy atom. The van der Waals surface area contributed by atoms with Gasteiger partial charge in [0.05, 0.1) is 7.51 Å². The second kappa shape index (κ2) is 6.77. The first-order valence-electron chi connectivity index (χ1n) is 3.80. The van der Waals surface area contributed by atoms with E-state index >= 15 is 0 Å². The van der Waals surface area contributed by atoms with E-state index in [0.717, 1.165) is 0 Å². The van der Waals surface area contributed by atoms with Gasteiger partial charge in [0.25, 0.3) is 0 Å². The van der Waals surface area contributed by atoms with Crippen molar-refractivity contribution in [3.8, 4) is 5.75 Å². The van der Waals surface area contributed by atoms with Gasteiger partial charge in [-0.2, -0.15) is 0 Å². The molecule has 0 aliphatic heterocycles. The van der Waals surface area contributed by atoms with E-state index in [2.05, 4.69) is 15.9 Å². The van der Waals surface area contributed by atoms with Crippen molar-refractivity contribution in [3.63, 3.8) is 0 Å². The average molecular weight is 548 g/mol. The molecule has 1 rings (SSSR count). The maximum atomic E-state index is 11.6. The number of benzene rings is 1. The molecule has 7 heteroatoms. The molecule has 0 atom stereocenters. The number of rotatable bonds is 2. The van der Waals surface area contributed by atoms with Gasteiger partial charge in [-0.1, -0.05) is 23.2 Å². The fourth-order valence-electron chi connectivity index (χ4n) is 0.780. The molecule has 1 aromatic rings. The number of hydrogen-bond acceptors (Lipinski definition) is 2. The van der Waals surface area contributed by atoms with Gasteiger partial charge in [0.2, 0.25) is 0 Å². The quantitative estimate of drug-likeness (QED) is 0.217. The van der Waals surface area contributed by atoms with Gasteiger partial charge in [-0.3, -0.25) is 0 Å². The number of halogens is 5. The van der Waals surface area contributed by atoms with Gasteiger partial charge in [-0.05, 0) is 79.3 Å². The summed E-state index contributed by atoms with van der Waals surface area (Å²) >= 11 is 18.6. The zero-order chi connectivity index (χ0) is 12.3. The summed E-state index contributed by atoms with van der Waals surface area (Å²) in [6.07, 6.45) is 0. The van der Waals surface area contributed by atoms with Crippen molar-refractivity contribution in [2.24, 2.45) is 0 Å². The predicted octanol–water partition coefficient (Wildman–Crippen LogP) is 5.33. The van der Waals surface area contributed by atoms with Crippen molar-refractivity contribution in [3.05, 3.63) is 34.3 Å². The van der Waals surface area contributed by atoms with Crippen LogP contribution in [0.25, 0.3) is 0 Å². The molecule has 0 saturated heterocycles. The fraction of sp³-hybridized carbons (Fsp3) is 0. The van der Waals surface area contributed by atoms with Crippen molar-refractivity contribution < 1.29 is 9.53 Å². The Labute approximate surface area is 138 Å². The number of carbonyl (C=O) groups is 1. The summed E-state index contributed by atoms with van der Waals surface area (Å²) in [6, 6.07) is 4.67. The van der Waals surface area contributed by atoms with E-state index in [4.69, 9.17) is 27.9 Å². The molecular formula is C9H3BrCl2I2O2. The molecule has 0 N–H and O–H groups in total. The minimum atomic E-state index is -0.467. The highest BCUT2D eigenvalue weighted by atomic mass is 127. The van der Waals surface area contributed by atoms with Crippen LogP contribution in [0.15, 0.2) is 24.3 Å². The molecule has 0 unspecified atom stereocenters. The Hall–Kier alpha value is 0.950. The Balaban J connectivity index is 2.90. The largest absolute Gasteiger partial charge is 0.421 e. The summed E-state index contributed by atoms with van der Waals surface area (Å²) < 4.78 is 6.22. The minimum absolute atomic E-state index is 0.287. The van der Waals surface area contributed by atoms with Crippen LogP contribution in [0.1, 0.15) is 0 Å². The lowest BCUT2D eigenvalue weighted by Gasteiger charge is -2.05. The zero-order valence-corrected chi connectivity index (χ0v) is 14.9. The third-order valence-electron chi connectivity index (χ3n) is 1.44. The number of hydrogen-bond donors (Lipinski definition) is 0. The normalized spacial score (nSPS) is 12.1. The van der Waals surface area contributed by atoms with E-state index in [0.29, 0.717) is 16.1 Å². The van der Waals surface area contributed by atoms with Gasteiger partial charge in [0.15, 0.2) is 0 Å². The van der Waals surface area contributed by atoms with E-state index in [1.165, 1.54) is 6.07 Å². The molecule has 0 aliphatic rings. The van der Waals surface area contributed by atoms with E-state index in [1.54, 1.807) is 12.1 Å². The molecule has 0 amide bonds. The van der Waals surface area contributed by atoms with Gasteiger partial charge < -0.3 is 4.74 Å². The third-order valence-corrected chi connectivity index (χ3v) is 5.66. The van der Waals surface area contributed by atoms with Gasteiger partial charge in [0.1, 0.15) is 9.33 Å². The highest BCUT2D eigenvalue weighted by Crippen LogP contribution is 2.30. The molecule has 0 aromatic heterocycles. The minimum Gasteiger partial charge on any atom is -0.421 e. The van der Waals surface area contributed by atoms with Crippen LogP contribution in [0.5, 0.6) is 5.75 Å². The Morgan fingerprint density at radius 2 is 1.94 bits per heavy atom. The summed E-state index contributed by atoms with van der Waals surface area (Å²) in [5.74, 6) is -0.179. The maximum Gasteiger partial charge on any atom is 0.351 e. The SMILES string of the molecule is O=C(Oc1ccc(Cl)cc1Cl)C(I)=C(Br)I. The first-order chi connectivity index (χ1) is 7.41. The van der Waals surface area contributed by atoms with Crippen LogP contribution in [0.4, 0.5) is 0 Å². The number of ether oxygens (including phenoxy) is 1. The second-order valence-electron chi connectivity index (χ2n) is 2.54. The van der Waals surface area contributed by atoms with Gasteiger partial charge in [-0.15, -0.1) is 0 Å².